The molecule has 0 radical (unpaired) electrons. The van der Waals surface area contributed by atoms with Crippen molar-refractivity contribution in [2.24, 2.45) is 5.92 Å². The summed E-state index contributed by atoms with van der Waals surface area (Å²) in [5, 5.41) is 8.27. The van der Waals surface area contributed by atoms with E-state index in [9.17, 15) is 0 Å². The number of hydrogen-bond acceptors (Lipinski definition) is 4. The van der Waals surface area contributed by atoms with Crippen LogP contribution in [-0.2, 0) is 0 Å². The van der Waals surface area contributed by atoms with Gasteiger partial charge in [-0.15, -0.1) is 5.10 Å². The van der Waals surface area contributed by atoms with Crippen LogP contribution in [0.2, 0.25) is 0 Å². The van der Waals surface area contributed by atoms with Gasteiger partial charge in [-0.1, -0.05) is 18.9 Å². The molecule has 0 bridgehead atoms. The summed E-state index contributed by atoms with van der Waals surface area (Å²) in [5.41, 5.74) is 0. The van der Waals surface area contributed by atoms with Gasteiger partial charge in [-0.25, -0.2) is 0 Å². The second-order valence-electron chi connectivity index (χ2n) is 3.21. The summed E-state index contributed by atoms with van der Waals surface area (Å²) in [4.78, 5) is 0. The van der Waals surface area contributed by atoms with E-state index in [1.165, 1.54) is 17.8 Å². The van der Waals surface area contributed by atoms with Gasteiger partial charge in [-0.05, 0) is 46.0 Å². The average molecular weight is 265 g/mol. The minimum atomic E-state index is 0.649. The molecule has 5 heteroatoms. The first-order valence-corrected chi connectivity index (χ1v) is 5.91. The Morgan fingerprint density at radius 1 is 1.46 bits per heavy atom. The number of hydrogen-bond donors (Lipinski definition) is 0. The molecule has 0 spiro atoms. The fourth-order valence-corrected chi connectivity index (χ4v) is 1.85. The highest BCUT2D eigenvalue weighted by Crippen LogP contribution is 2.22. The molecule has 1 heterocycles. The Bertz CT molecular complexity index is 252. The zero-order chi connectivity index (χ0) is 9.68. The van der Waals surface area contributed by atoms with Crippen molar-refractivity contribution in [3.05, 3.63) is 3.92 Å². The number of nitrogens with zero attached hydrogens (tertiary/aromatic N) is 2. The predicted molar refractivity (Wildman–Crippen MR) is 57.2 cm³/mol. The summed E-state index contributed by atoms with van der Waals surface area (Å²) in [7, 11) is 0. The van der Waals surface area contributed by atoms with Crippen molar-refractivity contribution in [2.75, 3.05) is 6.61 Å². The zero-order valence-corrected chi connectivity index (χ0v) is 10.2. The van der Waals surface area contributed by atoms with Crippen LogP contribution in [0.1, 0.15) is 26.7 Å². The third kappa shape index (κ3) is 4.57. The summed E-state index contributed by atoms with van der Waals surface area (Å²) in [6.07, 6.45) is 2.27. The van der Waals surface area contributed by atoms with E-state index in [0.29, 0.717) is 5.19 Å². The molecule has 0 aliphatic carbocycles. The predicted octanol–water partition coefficient (Wildman–Crippen LogP) is 3.12. The van der Waals surface area contributed by atoms with Gasteiger partial charge in [-0.3, -0.25) is 0 Å². The molecule has 1 rings (SSSR count). The summed E-state index contributed by atoms with van der Waals surface area (Å²) in [5.74, 6) is 0.741. The average Bonchev–Trinajstić information content (AvgIpc) is 2.45. The van der Waals surface area contributed by atoms with Gasteiger partial charge in [0.1, 0.15) is 0 Å². The minimum Gasteiger partial charge on any atom is -0.469 e. The molecule has 74 valence electrons. The van der Waals surface area contributed by atoms with E-state index in [1.807, 2.05) is 0 Å². The molecule has 0 N–H and O–H groups in total. The van der Waals surface area contributed by atoms with E-state index in [1.54, 1.807) is 0 Å². The minimum absolute atomic E-state index is 0.649. The lowest BCUT2D eigenvalue weighted by atomic mass is 10.1. The van der Waals surface area contributed by atoms with Crippen molar-refractivity contribution < 1.29 is 4.74 Å². The van der Waals surface area contributed by atoms with Crippen molar-refractivity contribution in [2.45, 2.75) is 26.7 Å². The molecule has 1 aromatic rings. The molecule has 13 heavy (non-hydrogen) atoms. The van der Waals surface area contributed by atoms with Crippen LogP contribution in [0, 0.1) is 5.92 Å². The Kier molecular flexibility index (Phi) is 4.66. The van der Waals surface area contributed by atoms with Gasteiger partial charge in [0.25, 0.3) is 5.19 Å². The molecule has 0 aromatic carbocycles. The van der Waals surface area contributed by atoms with E-state index in [2.05, 4.69) is 40.0 Å². The van der Waals surface area contributed by atoms with Gasteiger partial charge in [0.15, 0.2) is 3.92 Å². The Morgan fingerprint density at radius 2 is 2.23 bits per heavy atom. The third-order valence-corrected chi connectivity index (χ3v) is 2.80. The van der Waals surface area contributed by atoms with Crippen LogP contribution in [0.5, 0.6) is 5.19 Å². The van der Waals surface area contributed by atoms with Crippen LogP contribution in [0.3, 0.4) is 0 Å². The molecule has 0 atom stereocenters. The van der Waals surface area contributed by atoms with Crippen LogP contribution in [0.15, 0.2) is 3.92 Å². The molecule has 0 saturated carbocycles. The molecule has 0 unspecified atom stereocenters. The SMILES string of the molecule is CC(C)CCCOc1nnc(Br)s1. The Labute approximate surface area is 90.7 Å². The van der Waals surface area contributed by atoms with E-state index in [-0.39, 0.29) is 0 Å². The van der Waals surface area contributed by atoms with Crippen molar-refractivity contribution >= 4 is 27.3 Å². The lowest BCUT2D eigenvalue weighted by molar-refractivity contribution is 0.294. The second kappa shape index (κ2) is 5.54. The first kappa shape index (κ1) is 10.9. The number of rotatable bonds is 5. The van der Waals surface area contributed by atoms with Crippen molar-refractivity contribution in [3.63, 3.8) is 0 Å². The fraction of sp³-hybridized carbons (Fsp3) is 0.750. The standard InChI is InChI=1S/C8H13BrN2OS/c1-6(2)4-3-5-12-8-11-10-7(9)13-8/h6H,3-5H2,1-2H3. The largest absolute Gasteiger partial charge is 0.469 e. The Morgan fingerprint density at radius 3 is 2.77 bits per heavy atom. The quantitative estimate of drug-likeness (QED) is 0.767. The van der Waals surface area contributed by atoms with Crippen LogP contribution >= 0.6 is 27.3 Å². The molecule has 0 aliphatic rings. The van der Waals surface area contributed by atoms with E-state index in [4.69, 9.17) is 4.74 Å². The number of aromatic nitrogens is 2. The smallest absolute Gasteiger partial charge is 0.294 e. The normalized spacial score (nSPS) is 10.8. The molecule has 1 aromatic heterocycles. The maximum absolute atomic E-state index is 5.39. The Balaban J connectivity index is 2.13. The van der Waals surface area contributed by atoms with Gasteiger partial charge < -0.3 is 4.74 Å². The number of halogens is 1. The fourth-order valence-electron chi connectivity index (χ4n) is 0.902. The van der Waals surface area contributed by atoms with Gasteiger partial charge in [0.2, 0.25) is 0 Å². The third-order valence-electron chi connectivity index (χ3n) is 1.53. The second-order valence-corrected chi connectivity index (χ2v) is 5.42. The molecular weight excluding hydrogens is 252 g/mol. The molecule has 3 nitrogen and oxygen atoms in total. The van der Waals surface area contributed by atoms with Crippen LogP contribution in [0.4, 0.5) is 0 Å². The van der Waals surface area contributed by atoms with E-state index in [0.717, 1.165) is 22.9 Å². The van der Waals surface area contributed by atoms with Gasteiger partial charge in [0, 0.05) is 0 Å². The first-order valence-electron chi connectivity index (χ1n) is 4.30. The molecule has 0 aliphatic heterocycles. The molecule has 0 saturated heterocycles. The summed E-state index contributed by atoms with van der Waals surface area (Å²) in [6.45, 7) is 5.16. The highest BCUT2D eigenvalue weighted by molar-refractivity contribution is 9.11. The maximum atomic E-state index is 5.39. The highest BCUT2D eigenvalue weighted by atomic mass is 79.9. The summed E-state index contributed by atoms with van der Waals surface area (Å²) >= 11 is 4.65. The molecule has 0 amide bonds. The first-order chi connectivity index (χ1) is 6.18. The van der Waals surface area contributed by atoms with Crippen molar-refractivity contribution in [1.29, 1.82) is 0 Å². The topological polar surface area (TPSA) is 35.0 Å². The van der Waals surface area contributed by atoms with Crippen LogP contribution in [0.25, 0.3) is 0 Å². The zero-order valence-electron chi connectivity index (χ0n) is 7.79. The number of ether oxygens (including phenoxy) is 1. The van der Waals surface area contributed by atoms with Gasteiger partial charge in [-0.2, -0.15) is 0 Å². The van der Waals surface area contributed by atoms with Crippen molar-refractivity contribution in [3.8, 4) is 5.19 Å². The lowest BCUT2D eigenvalue weighted by Gasteiger charge is -2.03. The lowest BCUT2D eigenvalue weighted by Crippen LogP contribution is -1.99. The van der Waals surface area contributed by atoms with E-state index < -0.39 is 0 Å². The highest BCUT2D eigenvalue weighted by Gasteiger charge is 2.01. The monoisotopic (exact) mass is 264 g/mol. The van der Waals surface area contributed by atoms with Crippen LogP contribution in [-0.4, -0.2) is 16.8 Å². The molecule has 0 fully saturated rings. The maximum Gasteiger partial charge on any atom is 0.294 e. The van der Waals surface area contributed by atoms with Gasteiger partial charge in [0.05, 0.1) is 6.61 Å². The van der Waals surface area contributed by atoms with Crippen molar-refractivity contribution in [1.82, 2.24) is 10.2 Å². The summed E-state index contributed by atoms with van der Waals surface area (Å²) < 4.78 is 6.16. The van der Waals surface area contributed by atoms with Gasteiger partial charge >= 0.3 is 0 Å². The van der Waals surface area contributed by atoms with Crippen LogP contribution < -0.4 is 4.74 Å². The molecular formula is C8H13BrN2OS. The summed E-state index contributed by atoms with van der Waals surface area (Å²) in [6, 6.07) is 0. The van der Waals surface area contributed by atoms with E-state index >= 15 is 0 Å². The Hall–Kier alpha value is -0.160.